The molecule has 0 aromatic heterocycles. The Labute approximate surface area is 157 Å². The molecule has 2 atom stereocenters. The highest BCUT2D eigenvalue weighted by Crippen LogP contribution is 2.29. The summed E-state index contributed by atoms with van der Waals surface area (Å²) >= 11 is 11.8. The molecular weight excluding hydrogens is 390 g/mol. The number of halogens is 3. The molecule has 0 aliphatic carbocycles. The first-order chi connectivity index (χ1) is 11.7. The zero-order chi connectivity index (χ0) is 18.8. The lowest BCUT2D eigenvalue weighted by molar-refractivity contribution is -0.124. The quantitative estimate of drug-likeness (QED) is 0.729. The molecule has 2 rings (SSSR count). The van der Waals surface area contributed by atoms with Crippen molar-refractivity contribution in [3.63, 3.8) is 0 Å². The van der Waals surface area contributed by atoms with Crippen molar-refractivity contribution in [2.75, 3.05) is 12.3 Å². The van der Waals surface area contributed by atoms with Crippen molar-refractivity contribution in [2.24, 2.45) is 0 Å². The van der Waals surface area contributed by atoms with Crippen LogP contribution in [0.15, 0.2) is 12.1 Å². The van der Waals surface area contributed by atoms with Crippen LogP contribution in [0.1, 0.15) is 44.7 Å². The maximum absolute atomic E-state index is 13.7. The summed E-state index contributed by atoms with van der Waals surface area (Å²) in [5.41, 5.74) is 0.387. The van der Waals surface area contributed by atoms with E-state index in [1.165, 1.54) is 16.4 Å². The molecule has 1 fully saturated rings. The third-order valence-corrected chi connectivity index (χ3v) is 6.88. The lowest BCUT2D eigenvalue weighted by Gasteiger charge is -2.25. The van der Waals surface area contributed by atoms with Gasteiger partial charge in [0.15, 0.2) is 0 Å². The van der Waals surface area contributed by atoms with Gasteiger partial charge in [0.1, 0.15) is 11.9 Å². The highest BCUT2D eigenvalue weighted by Gasteiger charge is 2.38. The predicted octanol–water partition coefficient (Wildman–Crippen LogP) is 3.51. The summed E-state index contributed by atoms with van der Waals surface area (Å²) in [5, 5.41) is 2.87. The zero-order valence-electron chi connectivity index (χ0n) is 14.1. The Kier molecular flexibility index (Phi) is 6.70. The number of carbonyl (C=O) groups is 1. The number of benzene rings is 1. The van der Waals surface area contributed by atoms with Crippen molar-refractivity contribution in [1.29, 1.82) is 0 Å². The van der Waals surface area contributed by atoms with Gasteiger partial charge < -0.3 is 5.32 Å². The molecule has 0 radical (unpaired) electrons. The first kappa shape index (κ1) is 20.4. The van der Waals surface area contributed by atoms with Gasteiger partial charge in [-0.15, -0.1) is 0 Å². The van der Waals surface area contributed by atoms with E-state index in [1.54, 1.807) is 13.8 Å². The van der Waals surface area contributed by atoms with Crippen LogP contribution in [0.4, 0.5) is 4.39 Å². The van der Waals surface area contributed by atoms with Gasteiger partial charge in [-0.1, -0.05) is 30.1 Å². The summed E-state index contributed by atoms with van der Waals surface area (Å²) in [5.74, 6) is -1.02. The molecule has 1 N–H and O–H groups in total. The molecule has 5 nitrogen and oxygen atoms in total. The average Bonchev–Trinajstić information content (AvgIpc) is 3.01. The molecule has 1 aromatic rings. The third kappa shape index (κ3) is 4.64. The Hall–Kier alpha value is -0.890. The second-order valence-corrected chi connectivity index (χ2v) is 8.96. The van der Waals surface area contributed by atoms with E-state index in [4.69, 9.17) is 23.2 Å². The van der Waals surface area contributed by atoms with Crippen molar-refractivity contribution in [3.05, 3.63) is 33.6 Å². The van der Waals surface area contributed by atoms with Gasteiger partial charge >= 0.3 is 0 Å². The van der Waals surface area contributed by atoms with Crippen LogP contribution < -0.4 is 5.32 Å². The number of rotatable bonds is 6. The topological polar surface area (TPSA) is 66.5 Å². The molecule has 25 heavy (non-hydrogen) atoms. The molecule has 1 aliphatic heterocycles. The number of hydrogen-bond acceptors (Lipinski definition) is 3. The van der Waals surface area contributed by atoms with Crippen LogP contribution in [-0.2, 0) is 14.8 Å². The molecule has 140 valence electrons. The van der Waals surface area contributed by atoms with E-state index in [9.17, 15) is 17.6 Å². The van der Waals surface area contributed by atoms with Crippen LogP contribution in [0, 0.1) is 5.82 Å². The maximum Gasteiger partial charge on any atom is 0.238 e. The van der Waals surface area contributed by atoms with Crippen molar-refractivity contribution in [3.8, 4) is 0 Å². The van der Waals surface area contributed by atoms with Crippen molar-refractivity contribution < 1.29 is 17.6 Å². The van der Waals surface area contributed by atoms with Crippen LogP contribution in [0.25, 0.3) is 0 Å². The smallest absolute Gasteiger partial charge is 0.238 e. The summed E-state index contributed by atoms with van der Waals surface area (Å²) in [7, 11) is -3.46. The van der Waals surface area contributed by atoms with Gasteiger partial charge in [0, 0.05) is 11.6 Å². The van der Waals surface area contributed by atoms with E-state index < -0.39 is 33.8 Å². The van der Waals surface area contributed by atoms with Gasteiger partial charge in [-0.3, -0.25) is 4.79 Å². The minimum absolute atomic E-state index is 0.0144. The van der Waals surface area contributed by atoms with Crippen molar-refractivity contribution in [2.45, 2.75) is 45.2 Å². The largest absolute Gasteiger partial charge is 0.348 e. The lowest BCUT2D eigenvalue weighted by Crippen LogP contribution is -2.47. The number of amides is 1. The van der Waals surface area contributed by atoms with Crippen LogP contribution in [0.3, 0.4) is 0 Å². The number of carbonyl (C=O) groups excluding carboxylic acids is 1. The number of hydrogen-bond donors (Lipinski definition) is 1. The Morgan fingerprint density at radius 1 is 1.40 bits per heavy atom. The minimum atomic E-state index is -3.46. The second kappa shape index (κ2) is 8.20. The molecule has 1 aromatic carbocycles. The van der Waals surface area contributed by atoms with E-state index in [0.29, 0.717) is 31.4 Å². The Morgan fingerprint density at radius 2 is 2.08 bits per heavy atom. The molecule has 1 heterocycles. The molecule has 2 unspecified atom stereocenters. The van der Waals surface area contributed by atoms with Crippen LogP contribution >= 0.6 is 23.2 Å². The summed E-state index contributed by atoms with van der Waals surface area (Å²) in [6.45, 7) is 3.78. The standard InChI is InChI=1S/C16H21Cl2FN2O3S/c1-3-7-25(23,24)21-6-4-5-15(21)16(22)20-10(2)11-8-14(19)13(18)9-12(11)17/h8-10,15H,3-7H2,1-2H3,(H,20,22). The van der Waals surface area contributed by atoms with Gasteiger partial charge in [0.25, 0.3) is 0 Å². The minimum Gasteiger partial charge on any atom is -0.348 e. The van der Waals surface area contributed by atoms with Gasteiger partial charge in [0.2, 0.25) is 15.9 Å². The number of nitrogens with one attached hydrogen (secondary N) is 1. The van der Waals surface area contributed by atoms with Gasteiger partial charge in [-0.25, -0.2) is 12.8 Å². The Balaban J connectivity index is 2.15. The first-order valence-corrected chi connectivity index (χ1v) is 10.5. The molecular formula is C16H21Cl2FN2O3S. The summed E-state index contributed by atoms with van der Waals surface area (Å²) < 4.78 is 39.5. The highest BCUT2D eigenvalue weighted by molar-refractivity contribution is 7.89. The molecule has 1 aliphatic rings. The number of sulfonamides is 1. The predicted molar refractivity (Wildman–Crippen MR) is 96.8 cm³/mol. The second-order valence-electron chi connectivity index (χ2n) is 6.10. The summed E-state index contributed by atoms with van der Waals surface area (Å²) in [6.07, 6.45) is 1.58. The average molecular weight is 411 g/mol. The molecule has 9 heteroatoms. The van der Waals surface area contributed by atoms with E-state index in [2.05, 4.69) is 5.32 Å². The molecule has 0 bridgehead atoms. The molecule has 0 spiro atoms. The van der Waals surface area contributed by atoms with E-state index in [1.807, 2.05) is 0 Å². The zero-order valence-corrected chi connectivity index (χ0v) is 16.4. The van der Waals surface area contributed by atoms with E-state index >= 15 is 0 Å². The van der Waals surface area contributed by atoms with Gasteiger partial charge in [0.05, 0.1) is 16.8 Å². The summed E-state index contributed by atoms with van der Waals surface area (Å²) in [4.78, 5) is 12.6. The normalized spacial score (nSPS) is 19.8. The Bertz CT molecular complexity index is 758. The monoisotopic (exact) mass is 410 g/mol. The number of nitrogens with zero attached hydrogens (tertiary/aromatic N) is 1. The van der Waals surface area contributed by atoms with Gasteiger partial charge in [-0.2, -0.15) is 4.31 Å². The van der Waals surface area contributed by atoms with E-state index in [0.717, 1.165) is 0 Å². The third-order valence-electron chi connectivity index (χ3n) is 4.19. The van der Waals surface area contributed by atoms with Crippen molar-refractivity contribution in [1.82, 2.24) is 9.62 Å². The maximum atomic E-state index is 13.7. The Morgan fingerprint density at radius 3 is 2.72 bits per heavy atom. The molecule has 1 amide bonds. The fourth-order valence-electron chi connectivity index (χ4n) is 2.97. The van der Waals surface area contributed by atoms with Crippen LogP contribution in [0.2, 0.25) is 10.0 Å². The molecule has 1 saturated heterocycles. The highest BCUT2D eigenvalue weighted by atomic mass is 35.5. The van der Waals surface area contributed by atoms with Crippen LogP contribution in [-0.4, -0.2) is 37.0 Å². The fraction of sp³-hybridized carbons (Fsp3) is 0.562. The van der Waals surface area contributed by atoms with Crippen molar-refractivity contribution >= 4 is 39.1 Å². The van der Waals surface area contributed by atoms with Crippen LogP contribution in [0.5, 0.6) is 0 Å². The SMILES string of the molecule is CCCS(=O)(=O)N1CCCC1C(=O)NC(C)c1cc(F)c(Cl)cc1Cl. The van der Waals surface area contributed by atoms with E-state index in [-0.39, 0.29) is 15.8 Å². The van der Waals surface area contributed by atoms with Gasteiger partial charge in [-0.05, 0) is 43.9 Å². The summed E-state index contributed by atoms with van der Waals surface area (Å²) in [6, 6.07) is 1.14. The fourth-order valence-corrected chi connectivity index (χ4v) is 5.26. The lowest BCUT2D eigenvalue weighted by atomic mass is 10.1. The first-order valence-electron chi connectivity index (χ1n) is 8.11. The molecule has 0 saturated carbocycles.